The van der Waals surface area contributed by atoms with Crippen molar-refractivity contribution in [2.45, 2.75) is 25.6 Å². The van der Waals surface area contributed by atoms with E-state index in [-0.39, 0.29) is 13.0 Å². The third-order valence-corrected chi connectivity index (χ3v) is 3.26. The van der Waals surface area contributed by atoms with Gasteiger partial charge in [0.15, 0.2) is 11.1 Å². The Labute approximate surface area is 116 Å². The highest BCUT2D eigenvalue weighted by Gasteiger charge is 2.14. The lowest BCUT2D eigenvalue weighted by Gasteiger charge is -2.16. The summed E-state index contributed by atoms with van der Waals surface area (Å²) in [6.45, 7) is 1.94. The lowest BCUT2D eigenvalue weighted by molar-refractivity contribution is 0.0985. The highest BCUT2D eigenvalue weighted by molar-refractivity contribution is 7.79. The van der Waals surface area contributed by atoms with Gasteiger partial charge in [0.25, 0.3) is 0 Å². The van der Waals surface area contributed by atoms with Crippen LogP contribution in [0, 0.1) is 0 Å². The van der Waals surface area contributed by atoms with Crippen LogP contribution in [0.2, 0.25) is 0 Å². The van der Waals surface area contributed by atoms with Crippen LogP contribution in [0.15, 0.2) is 42.0 Å². The van der Waals surface area contributed by atoms with Crippen molar-refractivity contribution < 1.29 is 18.6 Å². The van der Waals surface area contributed by atoms with E-state index in [4.69, 9.17) is 4.18 Å². The average Bonchev–Trinajstić information content (AvgIpc) is 2.39. The van der Waals surface area contributed by atoms with Crippen molar-refractivity contribution in [2.75, 3.05) is 12.9 Å². The topological polar surface area (TPSA) is 66.8 Å². The number of hydrogen-bond acceptors (Lipinski definition) is 4. The third-order valence-electron chi connectivity index (χ3n) is 2.80. The molecule has 4 nitrogen and oxygen atoms in total. The lowest BCUT2D eigenvalue weighted by Crippen LogP contribution is -2.14. The predicted molar refractivity (Wildman–Crippen MR) is 75.8 cm³/mol. The molecule has 0 aliphatic rings. The zero-order valence-electron chi connectivity index (χ0n) is 11.2. The summed E-state index contributed by atoms with van der Waals surface area (Å²) in [5, 5.41) is 19.9. The van der Waals surface area contributed by atoms with Gasteiger partial charge in [0.2, 0.25) is 0 Å². The van der Waals surface area contributed by atoms with Crippen molar-refractivity contribution in [3.8, 4) is 0 Å². The van der Waals surface area contributed by atoms with E-state index in [1.54, 1.807) is 13.0 Å². The quantitative estimate of drug-likeness (QED) is 0.748. The van der Waals surface area contributed by atoms with Gasteiger partial charge in [0.1, 0.15) is 0 Å². The maximum Gasteiger partial charge on any atom is 0.152 e. The van der Waals surface area contributed by atoms with E-state index in [9.17, 15) is 14.4 Å². The first-order chi connectivity index (χ1) is 9.00. The number of aliphatic hydroxyl groups is 2. The van der Waals surface area contributed by atoms with Crippen LogP contribution in [0.5, 0.6) is 0 Å². The second kappa shape index (κ2) is 8.22. The highest BCUT2D eigenvalue weighted by atomic mass is 32.2. The van der Waals surface area contributed by atoms with Gasteiger partial charge in [0, 0.05) is 12.7 Å². The predicted octanol–water partition coefficient (Wildman–Crippen LogP) is 1.73. The Balaban J connectivity index is 2.49. The lowest BCUT2D eigenvalue weighted by atomic mass is 9.99. The second-order valence-electron chi connectivity index (χ2n) is 4.31. The number of hydrogen-bond donors (Lipinski definition) is 2. The summed E-state index contributed by atoms with van der Waals surface area (Å²) in [5.41, 5.74) is 1.47. The van der Waals surface area contributed by atoms with Crippen LogP contribution < -0.4 is 0 Å². The molecule has 0 fully saturated rings. The van der Waals surface area contributed by atoms with E-state index < -0.39 is 23.3 Å². The molecule has 1 rings (SSSR count). The van der Waals surface area contributed by atoms with Gasteiger partial charge in [-0.2, -0.15) is 0 Å². The molecular weight excluding hydrogens is 264 g/mol. The summed E-state index contributed by atoms with van der Waals surface area (Å²) in [6, 6.07) is 9.20. The summed E-state index contributed by atoms with van der Waals surface area (Å²) in [5.74, 6) is 0. The number of benzene rings is 1. The highest BCUT2D eigenvalue weighted by Crippen LogP contribution is 2.20. The molecule has 0 aliphatic carbocycles. The van der Waals surface area contributed by atoms with Crippen LogP contribution in [0.1, 0.15) is 25.0 Å². The first-order valence-electron chi connectivity index (χ1n) is 6.05. The standard InChI is InChI=1S/C14H20O4S/c1-11(8-9-18-19(2)17)13(15)10-14(16)12-6-4-3-5-7-12/h3-8,13-16H,9-10H2,1-2H3/b11-8+/t13-,14-,19?/m0/s1. The molecule has 0 amide bonds. The molecule has 0 aliphatic heterocycles. The van der Waals surface area contributed by atoms with Gasteiger partial charge in [-0.05, 0) is 18.1 Å². The second-order valence-corrected chi connectivity index (χ2v) is 5.35. The monoisotopic (exact) mass is 284 g/mol. The molecule has 1 unspecified atom stereocenters. The maximum atomic E-state index is 10.7. The Morgan fingerprint density at radius 1 is 1.37 bits per heavy atom. The molecule has 19 heavy (non-hydrogen) atoms. The van der Waals surface area contributed by atoms with Gasteiger partial charge in [0.05, 0.1) is 18.8 Å². The van der Waals surface area contributed by atoms with Crippen molar-refractivity contribution in [3.05, 3.63) is 47.5 Å². The third kappa shape index (κ3) is 6.11. The molecule has 0 radical (unpaired) electrons. The van der Waals surface area contributed by atoms with E-state index in [1.807, 2.05) is 30.3 Å². The molecule has 2 N–H and O–H groups in total. The van der Waals surface area contributed by atoms with Crippen molar-refractivity contribution in [1.29, 1.82) is 0 Å². The SMILES string of the molecule is C/C(=C\COS(C)=O)[C@@H](O)C[C@H](O)c1ccccc1. The zero-order valence-corrected chi connectivity index (χ0v) is 12.0. The Morgan fingerprint density at radius 2 is 2.00 bits per heavy atom. The van der Waals surface area contributed by atoms with Crippen molar-refractivity contribution in [1.82, 2.24) is 0 Å². The van der Waals surface area contributed by atoms with E-state index >= 15 is 0 Å². The van der Waals surface area contributed by atoms with Gasteiger partial charge in [-0.15, -0.1) is 0 Å². The van der Waals surface area contributed by atoms with Crippen LogP contribution >= 0.6 is 0 Å². The molecule has 0 bridgehead atoms. The fraction of sp³-hybridized carbons (Fsp3) is 0.429. The zero-order chi connectivity index (χ0) is 14.3. The molecule has 0 aromatic heterocycles. The van der Waals surface area contributed by atoms with Crippen LogP contribution in [0.4, 0.5) is 0 Å². The largest absolute Gasteiger partial charge is 0.389 e. The van der Waals surface area contributed by atoms with Crippen LogP contribution in [0.3, 0.4) is 0 Å². The molecular formula is C14H20O4S. The van der Waals surface area contributed by atoms with Crippen LogP contribution in [0.25, 0.3) is 0 Å². The minimum absolute atomic E-state index is 0.188. The molecule has 0 heterocycles. The minimum Gasteiger partial charge on any atom is -0.389 e. The molecule has 106 valence electrons. The molecule has 0 spiro atoms. The molecule has 0 saturated carbocycles. The summed E-state index contributed by atoms with van der Waals surface area (Å²) in [4.78, 5) is 0. The van der Waals surface area contributed by atoms with Gasteiger partial charge in [-0.25, -0.2) is 4.21 Å². The first-order valence-corrected chi connectivity index (χ1v) is 7.53. The number of aliphatic hydroxyl groups excluding tert-OH is 2. The minimum atomic E-state index is -1.31. The van der Waals surface area contributed by atoms with E-state index in [2.05, 4.69) is 0 Å². The Bertz CT molecular complexity index is 430. The molecule has 3 atom stereocenters. The molecule has 0 saturated heterocycles. The molecule has 5 heteroatoms. The normalized spacial score (nSPS) is 16.9. The molecule has 1 aromatic carbocycles. The Morgan fingerprint density at radius 3 is 2.58 bits per heavy atom. The fourth-order valence-electron chi connectivity index (χ4n) is 1.61. The Hall–Kier alpha value is -1.01. The average molecular weight is 284 g/mol. The van der Waals surface area contributed by atoms with Crippen LogP contribution in [-0.4, -0.2) is 33.4 Å². The van der Waals surface area contributed by atoms with Crippen molar-refractivity contribution in [2.24, 2.45) is 0 Å². The summed E-state index contributed by atoms with van der Waals surface area (Å²) < 4.78 is 15.6. The van der Waals surface area contributed by atoms with Gasteiger partial charge >= 0.3 is 0 Å². The van der Waals surface area contributed by atoms with E-state index in [0.29, 0.717) is 5.57 Å². The fourth-order valence-corrected chi connectivity index (χ4v) is 1.87. The van der Waals surface area contributed by atoms with E-state index in [0.717, 1.165) is 5.56 Å². The Kier molecular flexibility index (Phi) is 6.94. The summed E-state index contributed by atoms with van der Waals surface area (Å²) in [7, 11) is 0. The van der Waals surface area contributed by atoms with Gasteiger partial charge in [-0.3, -0.25) is 4.18 Å². The summed E-state index contributed by atoms with van der Waals surface area (Å²) >= 11 is -1.31. The van der Waals surface area contributed by atoms with Crippen molar-refractivity contribution in [3.63, 3.8) is 0 Å². The first kappa shape index (κ1) is 16.0. The molecule has 1 aromatic rings. The van der Waals surface area contributed by atoms with Gasteiger partial charge in [-0.1, -0.05) is 36.4 Å². The summed E-state index contributed by atoms with van der Waals surface area (Å²) in [6.07, 6.45) is 1.88. The van der Waals surface area contributed by atoms with Crippen LogP contribution in [-0.2, 0) is 15.3 Å². The van der Waals surface area contributed by atoms with E-state index in [1.165, 1.54) is 6.26 Å². The number of rotatable bonds is 7. The smallest absolute Gasteiger partial charge is 0.152 e. The van der Waals surface area contributed by atoms with Gasteiger partial charge < -0.3 is 10.2 Å². The maximum absolute atomic E-state index is 10.7. The van der Waals surface area contributed by atoms with Crippen molar-refractivity contribution >= 4 is 11.1 Å².